The molecule has 22 heavy (non-hydrogen) atoms. The van der Waals surface area contributed by atoms with E-state index < -0.39 is 0 Å². The van der Waals surface area contributed by atoms with E-state index in [0.717, 1.165) is 10.7 Å². The molecule has 0 bridgehead atoms. The summed E-state index contributed by atoms with van der Waals surface area (Å²) in [6.45, 7) is 0. The van der Waals surface area contributed by atoms with Crippen LogP contribution in [0.15, 0.2) is 52.3 Å². The van der Waals surface area contributed by atoms with Gasteiger partial charge >= 0.3 is 0 Å². The van der Waals surface area contributed by atoms with Crippen molar-refractivity contribution in [2.75, 3.05) is 0 Å². The predicted octanol–water partition coefficient (Wildman–Crippen LogP) is 2.24. The van der Waals surface area contributed by atoms with Crippen LogP contribution in [0.4, 0.5) is 0 Å². The predicted molar refractivity (Wildman–Crippen MR) is 85.6 cm³/mol. The Balaban J connectivity index is 1.84. The molecule has 0 atom stereocenters. The molecule has 8 heteroatoms. The molecular weight excluding hydrogens is 318 g/mol. The first-order chi connectivity index (χ1) is 10.7. The Labute approximate surface area is 135 Å². The number of hydrogen-bond acceptors (Lipinski definition) is 5. The van der Waals surface area contributed by atoms with E-state index in [9.17, 15) is 4.79 Å². The lowest BCUT2D eigenvalue weighted by Gasteiger charge is -2.04. The second kappa shape index (κ2) is 6.71. The van der Waals surface area contributed by atoms with Crippen LogP contribution in [-0.2, 0) is 12.8 Å². The number of aromatic amines is 1. The van der Waals surface area contributed by atoms with Gasteiger partial charge in [0.25, 0.3) is 5.91 Å². The largest absolute Gasteiger partial charge is 0.327 e. The minimum atomic E-state index is -0.230. The number of aryl methyl sites for hydroxylation is 1. The van der Waals surface area contributed by atoms with Crippen LogP contribution in [0.25, 0.3) is 0 Å². The molecular formula is C14H13N5OS2. The van der Waals surface area contributed by atoms with Crippen molar-refractivity contribution in [1.82, 2.24) is 19.7 Å². The summed E-state index contributed by atoms with van der Waals surface area (Å²) in [7, 11) is 1.87. The Bertz CT molecular complexity index is 835. The van der Waals surface area contributed by atoms with Crippen LogP contribution >= 0.6 is 23.1 Å². The van der Waals surface area contributed by atoms with Gasteiger partial charge in [-0.2, -0.15) is 10.1 Å². The van der Waals surface area contributed by atoms with Crippen LogP contribution < -0.4 is 4.80 Å². The highest BCUT2D eigenvalue weighted by Gasteiger charge is 2.11. The molecule has 3 rings (SSSR count). The fourth-order valence-electron chi connectivity index (χ4n) is 1.85. The van der Waals surface area contributed by atoms with Crippen LogP contribution in [0, 0.1) is 0 Å². The Morgan fingerprint density at radius 2 is 2.32 bits per heavy atom. The van der Waals surface area contributed by atoms with E-state index in [1.807, 2.05) is 41.4 Å². The Morgan fingerprint density at radius 1 is 1.45 bits per heavy atom. The summed E-state index contributed by atoms with van der Waals surface area (Å²) < 4.78 is 1.83. The van der Waals surface area contributed by atoms with Gasteiger partial charge in [0.15, 0.2) is 9.96 Å². The van der Waals surface area contributed by atoms with E-state index in [1.54, 1.807) is 6.07 Å². The number of nitrogens with zero attached hydrogens (tertiary/aromatic N) is 4. The molecule has 0 aliphatic rings. The zero-order valence-corrected chi connectivity index (χ0v) is 13.4. The van der Waals surface area contributed by atoms with Gasteiger partial charge in [0.2, 0.25) is 0 Å². The minimum Gasteiger partial charge on any atom is -0.327 e. The number of hydrogen-bond donors (Lipinski definition) is 1. The van der Waals surface area contributed by atoms with Crippen LogP contribution in [0.2, 0.25) is 0 Å². The minimum absolute atomic E-state index is 0.230. The molecule has 0 aliphatic heterocycles. The lowest BCUT2D eigenvalue weighted by atomic mass is 10.1. The van der Waals surface area contributed by atoms with Crippen molar-refractivity contribution in [3.63, 3.8) is 0 Å². The van der Waals surface area contributed by atoms with Crippen molar-refractivity contribution in [2.24, 2.45) is 12.0 Å². The summed E-state index contributed by atoms with van der Waals surface area (Å²) in [6.07, 6.45) is 3.34. The molecule has 0 radical (unpaired) electrons. The normalized spacial score (nSPS) is 11.8. The molecule has 0 unspecified atom stereocenters. The van der Waals surface area contributed by atoms with Gasteiger partial charge in [-0.05, 0) is 11.6 Å². The molecule has 1 amide bonds. The molecule has 2 heterocycles. The van der Waals surface area contributed by atoms with Crippen molar-refractivity contribution >= 4 is 29.0 Å². The highest BCUT2D eigenvalue weighted by atomic mass is 32.2. The molecule has 2 aromatic heterocycles. The average Bonchev–Trinajstić information content (AvgIpc) is 3.18. The smallest absolute Gasteiger partial charge is 0.279 e. The first kappa shape index (κ1) is 14.7. The maximum absolute atomic E-state index is 12.4. The summed E-state index contributed by atoms with van der Waals surface area (Å²) in [5.41, 5.74) is 1.54. The van der Waals surface area contributed by atoms with E-state index in [4.69, 9.17) is 0 Å². The molecule has 0 aliphatic carbocycles. The molecule has 0 fully saturated rings. The van der Waals surface area contributed by atoms with Gasteiger partial charge in [0.1, 0.15) is 6.33 Å². The third kappa shape index (κ3) is 3.34. The second-order valence-electron chi connectivity index (χ2n) is 4.45. The lowest BCUT2D eigenvalue weighted by molar-refractivity contribution is 0.0997. The van der Waals surface area contributed by atoms with Gasteiger partial charge in [-0.15, -0.1) is 11.3 Å². The van der Waals surface area contributed by atoms with Gasteiger partial charge in [0, 0.05) is 29.9 Å². The number of thioether (sulfide) groups is 1. The molecule has 0 spiro atoms. The summed E-state index contributed by atoms with van der Waals surface area (Å²) in [6, 6.07) is 7.49. The van der Waals surface area contributed by atoms with E-state index >= 15 is 0 Å². The molecule has 0 saturated heterocycles. The maximum Gasteiger partial charge on any atom is 0.279 e. The first-order valence-corrected chi connectivity index (χ1v) is 8.36. The number of aromatic nitrogens is 4. The molecule has 1 aromatic carbocycles. The van der Waals surface area contributed by atoms with E-state index in [2.05, 4.69) is 20.2 Å². The molecule has 3 aromatic rings. The Kier molecular flexibility index (Phi) is 4.50. The fraction of sp³-hybridized carbons (Fsp3) is 0.143. The summed E-state index contributed by atoms with van der Waals surface area (Å²) in [5.74, 6) is 0.398. The monoisotopic (exact) mass is 331 g/mol. The highest BCUT2D eigenvalue weighted by Crippen LogP contribution is 2.21. The summed E-state index contributed by atoms with van der Waals surface area (Å²) in [5, 5.41) is 9.23. The van der Waals surface area contributed by atoms with E-state index in [-0.39, 0.29) is 5.91 Å². The van der Waals surface area contributed by atoms with Crippen LogP contribution in [0.5, 0.6) is 0 Å². The topological polar surface area (TPSA) is 75.9 Å². The van der Waals surface area contributed by atoms with E-state index in [1.165, 1.54) is 29.4 Å². The van der Waals surface area contributed by atoms with Crippen LogP contribution in [-0.4, -0.2) is 25.7 Å². The van der Waals surface area contributed by atoms with Crippen molar-refractivity contribution in [1.29, 1.82) is 0 Å². The number of carbonyl (C=O) groups excluding carboxylic acids is 1. The molecule has 112 valence electrons. The fourth-order valence-corrected chi connectivity index (χ4v) is 3.36. The number of rotatable bonds is 4. The number of H-pyrrole nitrogens is 1. The van der Waals surface area contributed by atoms with Gasteiger partial charge in [-0.25, -0.2) is 4.98 Å². The van der Waals surface area contributed by atoms with Gasteiger partial charge in [-0.3, -0.25) is 9.89 Å². The Morgan fingerprint density at radius 3 is 3.05 bits per heavy atom. The van der Waals surface area contributed by atoms with Gasteiger partial charge in [-0.1, -0.05) is 30.0 Å². The number of carbonyl (C=O) groups is 1. The zero-order valence-electron chi connectivity index (χ0n) is 11.8. The summed E-state index contributed by atoms with van der Waals surface area (Å²) in [4.78, 5) is 21.4. The van der Waals surface area contributed by atoms with Crippen LogP contribution in [0.3, 0.4) is 0 Å². The number of thiazole rings is 1. The molecule has 6 nitrogen and oxygen atoms in total. The SMILES string of the molecule is Cn1ccsc1=NC(=O)c1ccccc1CSc1ncn[nH]1. The van der Waals surface area contributed by atoms with E-state index in [0.29, 0.717) is 16.1 Å². The summed E-state index contributed by atoms with van der Waals surface area (Å²) >= 11 is 2.93. The number of benzene rings is 1. The third-order valence-electron chi connectivity index (χ3n) is 2.96. The molecule has 0 saturated carbocycles. The standard InChI is InChI=1S/C14H13N5OS2/c1-19-6-7-21-14(19)17-12(20)11-5-3-2-4-10(11)8-22-13-15-9-16-18-13/h2-7,9H,8H2,1H3,(H,15,16,18). The Hall–Kier alpha value is -2.19. The van der Waals surface area contributed by atoms with Gasteiger partial charge in [0.05, 0.1) is 0 Å². The van der Waals surface area contributed by atoms with Crippen molar-refractivity contribution in [2.45, 2.75) is 10.9 Å². The highest BCUT2D eigenvalue weighted by molar-refractivity contribution is 7.98. The number of nitrogens with one attached hydrogen (secondary N) is 1. The van der Waals surface area contributed by atoms with Gasteiger partial charge < -0.3 is 4.57 Å². The maximum atomic E-state index is 12.4. The van der Waals surface area contributed by atoms with Crippen molar-refractivity contribution in [3.05, 3.63) is 58.1 Å². The zero-order chi connectivity index (χ0) is 15.4. The quantitative estimate of drug-likeness (QED) is 0.744. The van der Waals surface area contributed by atoms with Crippen molar-refractivity contribution in [3.8, 4) is 0 Å². The molecule has 1 N–H and O–H groups in total. The van der Waals surface area contributed by atoms with Crippen LogP contribution in [0.1, 0.15) is 15.9 Å². The average molecular weight is 331 g/mol. The second-order valence-corrected chi connectivity index (χ2v) is 6.29. The first-order valence-electron chi connectivity index (χ1n) is 6.49. The third-order valence-corrected chi connectivity index (χ3v) is 4.74. The van der Waals surface area contributed by atoms with Crippen molar-refractivity contribution < 1.29 is 4.79 Å². The number of amides is 1. The lowest BCUT2D eigenvalue weighted by Crippen LogP contribution is -2.13.